The fraction of sp³-hybridized carbons (Fsp3) is 0.0417. The highest BCUT2D eigenvalue weighted by atomic mass is 32.2. The quantitative estimate of drug-likeness (QED) is 0.668. The number of oxime groups is 1. The third kappa shape index (κ3) is 2.81. The van der Waals surface area contributed by atoms with Gasteiger partial charge >= 0.3 is 0 Å². The topological polar surface area (TPSA) is 21.6 Å². The van der Waals surface area contributed by atoms with E-state index in [1.54, 1.807) is 11.8 Å². The molecule has 3 aromatic carbocycles. The second kappa shape index (κ2) is 6.60. The van der Waals surface area contributed by atoms with E-state index < -0.39 is 0 Å². The molecule has 0 spiro atoms. The van der Waals surface area contributed by atoms with Crippen LogP contribution in [-0.4, -0.2) is 5.71 Å². The van der Waals surface area contributed by atoms with Crippen molar-refractivity contribution in [3.8, 4) is 0 Å². The minimum atomic E-state index is 0.841. The highest BCUT2D eigenvalue weighted by Crippen LogP contribution is 2.40. The minimum absolute atomic E-state index is 0.841. The van der Waals surface area contributed by atoms with E-state index in [4.69, 9.17) is 4.84 Å². The zero-order chi connectivity index (χ0) is 18.2. The number of thioether (sulfide) groups is 1. The first-order valence-electron chi connectivity index (χ1n) is 8.90. The number of allylic oxidation sites excluding steroid dienone is 1. The summed E-state index contributed by atoms with van der Waals surface area (Å²) >= 11 is 1.71. The fourth-order valence-electron chi connectivity index (χ4n) is 3.39. The number of hydrogen-bond donors (Lipinski definition) is 0. The largest absolute Gasteiger partial charge is 0.354 e. The van der Waals surface area contributed by atoms with Crippen molar-refractivity contribution in [1.29, 1.82) is 0 Å². The molecule has 3 heteroatoms. The summed E-state index contributed by atoms with van der Waals surface area (Å²) in [6.45, 7) is 2.11. The van der Waals surface area contributed by atoms with Crippen molar-refractivity contribution in [3.05, 3.63) is 111 Å². The van der Waals surface area contributed by atoms with Gasteiger partial charge in [0, 0.05) is 16.4 Å². The van der Waals surface area contributed by atoms with Gasteiger partial charge in [0.2, 0.25) is 0 Å². The Morgan fingerprint density at radius 2 is 1.52 bits per heavy atom. The lowest BCUT2D eigenvalue weighted by Gasteiger charge is -2.24. The maximum absolute atomic E-state index is 5.96. The molecule has 2 heterocycles. The van der Waals surface area contributed by atoms with Gasteiger partial charge in [-0.25, -0.2) is 0 Å². The molecule has 27 heavy (non-hydrogen) atoms. The molecule has 130 valence electrons. The average Bonchev–Trinajstić information content (AvgIpc) is 2.74. The molecule has 0 N–H and O–H groups in total. The molecule has 2 aliphatic rings. The lowest BCUT2D eigenvalue weighted by atomic mass is 9.93. The lowest BCUT2D eigenvalue weighted by molar-refractivity contribution is 0.295. The molecule has 0 bridgehead atoms. The first-order chi connectivity index (χ1) is 13.3. The average molecular weight is 367 g/mol. The van der Waals surface area contributed by atoms with Crippen LogP contribution in [-0.2, 0) is 4.84 Å². The summed E-state index contributed by atoms with van der Waals surface area (Å²) in [5.74, 6) is 0.841. The molecule has 0 amide bonds. The van der Waals surface area contributed by atoms with Gasteiger partial charge in [-0.3, -0.25) is 0 Å². The summed E-state index contributed by atoms with van der Waals surface area (Å²) in [5.41, 5.74) is 5.45. The van der Waals surface area contributed by atoms with Crippen LogP contribution in [0.4, 0.5) is 0 Å². The molecule has 0 atom stereocenters. The van der Waals surface area contributed by atoms with Gasteiger partial charge in [0.25, 0.3) is 0 Å². The fourth-order valence-corrected chi connectivity index (χ4v) is 4.43. The maximum atomic E-state index is 5.96. The van der Waals surface area contributed by atoms with Crippen LogP contribution in [0.1, 0.15) is 16.7 Å². The smallest absolute Gasteiger partial charge is 0.180 e. The normalized spacial score (nSPS) is 15.3. The molecule has 0 aromatic heterocycles. The van der Waals surface area contributed by atoms with E-state index in [2.05, 4.69) is 66.0 Å². The third-order valence-electron chi connectivity index (χ3n) is 4.79. The molecule has 0 radical (unpaired) electrons. The van der Waals surface area contributed by atoms with Crippen LogP contribution in [0.15, 0.2) is 88.9 Å². The highest BCUT2D eigenvalue weighted by Gasteiger charge is 2.28. The van der Waals surface area contributed by atoms with Crippen LogP contribution in [0.5, 0.6) is 0 Å². The Kier molecular flexibility index (Phi) is 3.95. The second-order valence-corrected chi connectivity index (χ2v) is 7.50. The van der Waals surface area contributed by atoms with Crippen molar-refractivity contribution in [2.75, 3.05) is 0 Å². The van der Waals surface area contributed by atoms with Gasteiger partial charge in [0.05, 0.1) is 4.91 Å². The van der Waals surface area contributed by atoms with Crippen LogP contribution >= 0.6 is 11.8 Å². The zero-order valence-electron chi connectivity index (χ0n) is 14.8. The zero-order valence-corrected chi connectivity index (χ0v) is 15.7. The third-order valence-corrected chi connectivity index (χ3v) is 5.79. The van der Waals surface area contributed by atoms with Crippen molar-refractivity contribution in [3.63, 3.8) is 0 Å². The Labute approximate surface area is 162 Å². The Balaban J connectivity index is 1.80. The van der Waals surface area contributed by atoms with Crippen LogP contribution in [0, 0.1) is 6.92 Å². The van der Waals surface area contributed by atoms with E-state index in [1.807, 2.05) is 30.3 Å². The predicted octanol–water partition coefficient (Wildman–Crippen LogP) is 4.43. The summed E-state index contributed by atoms with van der Waals surface area (Å²) in [4.78, 5) is 7.07. The summed E-state index contributed by atoms with van der Waals surface area (Å²) in [5, 5.41) is 9.01. The van der Waals surface area contributed by atoms with Gasteiger partial charge < -0.3 is 4.84 Å². The van der Waals surface area contributed by atoms with Crippen LogP contribution < -0.4 is 10.4 Å². The maximum Gasteiger partial charge on any atom is 0.180 e. The number of hydrogen-bond acceptors (Lipinski definition) is 3. The molecule has 0 saturated heterocycles. The first-order valence-corrected chi connectivity index (χ1v) is 9.78. The molecular weight excluding hydrogens is 350 g/mol. The molecule has 2 nitrogen and oxygen atoms in total. The molecule has 0 saturated carbocycles. The molecule has 0 fully saturated rings. The number of benzene rings is 3. The Morgan fingerprint density at radius 3 is 2.33 bits per heavy atom. The van der Waals surface area contributed by atoms with Crippen molar-refractivity contribution in [2.45, 2.75) is 6.92 Å². The molecular formula is C24H17NOS. The number of fused-ring (bicyclic) bond motifs is 2. The minimum Gasteiger partial charge on any atom is -0.354 e. The molecule has 0 aliphatic carbocycles. The van der Waals surface area contributed by atoms with Gasteiger partial charge in [-0.05, 0) is 23.1 Å². The van der Waals surface area contributed by atoms with Gasteiger partial charge in [-0.15, -0.1) is 0 Å². The van der Waals surface area contributed by atoms with E-state index in [1.165, 1.54) is 10.8 Å². The lowest BCUT2D eigenvalue weighted by Crippen LogP contribution is -2.31. The second-order valence-electron chi connectivity index (χ2n) is 6.62. The first kappa shape index (κ1) is 16.2. The van der Waals surface area contributed by atoms with Gasteiger partial charge in [-0.1, -0.05) is 101 Å². The molecule has 2 aliphatic heterocycles. The Bertz CT molecular complexity index is 1210. The van der Waals surface area contributed by atoms with Crippen LogP contribution in [0.3, 0.4) is 0 Å². The van der Waals surface area contributed by atoms with Crippen molar-refractivity contribution in [2.24, 2.45) is 5.16 Å². The van der Waals surface area contributed by atoms with Gasteiger partial charge in [0.15, 0.2) is 5.76 Å². The number of aryl methyl sites for hydroxylation is 1. The van der Waals surface area contributed by atoms with Crippen molar-refractivity contribution >= 4 is 34.2 Å². The summed E-state index contributed by atoms with van der Waals surface area (Å²) < 4.78 is 0. The standard InChI is InChI=1S/C24H17NOS/c1-16-11-13-17(14-12-16)21-22(18-7-3-2-4-8-18)25-26-23-20-10-6-5-9-19(20)15-27-24(21)23/h2-15H,1H3. The summed E-state index contributed by atoms with van der Waals surface area (Å²) in [6.07, 6.45) is 0. The SMILES string of the molecule is Cc1ccc(C2=C3SC=c4ccccc4=C3ON=C2c2ccccc2)cc1. The molecule has 3 aromatic rings. The van der Waals surface area contributed by atoms with E-state index in [0.29, 0.717) is 0 Å². The van der Waals surface area contributed by atoms with Crippen LogP contribution in [0.25, 0.3) is 16.7 Å². The van der Waals surface area contributed by atoms with E-state index in [0.717, 1.165) is 38.3 Å². The van der Waals surface area contributed by atoms with Gasteiger partial charge in [-0.2, -0.15) is 0 Å². The van der Waals surface area contributed by atoms with Crippen molar-refractivity contribution < 1.29 is 4.84 Å². The monoisotopic (exact) mass is 367 g/mol. The van der Waals surface area contributed by atoms with E-state index in [-0.39, 0.29) is 0 Å². The van der Waals surface area contributed by atoms with E-state index >= 15 is 0 Å². The Hall–Kier alpha value is -3.04. The molecule has 5 rings (SSSR count). The van der Waals surface area contributed by atoms with E-state index in [9.17, 15) is 0 Å². The van der Waals surface area contributed by atoms with Gasteiger partial charge in [0.1, 0.15) is 5.71 Å². The number of rotatable bonds is 2. The summed E-state index contributed by atoms with van der Waals surface area (Å²) in [7, 11) is 0. The number of nitrogens with zero attached hydrogens (tertiary/aromatic N) is 1. The van der Waals surface area contributed by atoms with Crippen LogP contribution in [0.2, 0.25) is 0 Å². The van der Waals surface area contributed by atoms with Crippen molar-refractivity contribution in [1.82, 2.24) is 0 Å². The predicted molar refractivity (Wildman–Crippen MR) is 113 cm³/mol. The Morgan fingerprint density at radius 1 is 0.778 bits per heavy atom. The molecule has 0 unspecified atom stereocenters. The summed E-state index contributed by atoms with van der Waals surface area (Å²) in [6, 6.07) is 27.1. The highest BCUT2D eigenvalue weighted by molar-refractivity contribution is 8.10.